The molecule has 0 fully saturated rings. The topological polar surface area (TPSA) is 0 Å². The monoisotopic (exact) mass is 106 g/mol. The molecule has 0 saturated carbocycles. The third-order valence-corrected chi connectivity index (χ3v) is 0.671. The lowest BCUT2D eigenvalue weighted by molar-refractivity contribution is 1.11. The number of thiol groups is 1. The van der Waals surface area contributed by atoms with Gasteiger partial charge >= 0.3 is 0 Å². The van der Waals surface area contributed by atoms with Crippen LogP contribution in [-0.2, 0) is 0 Å². The summed E-state index contributed by atoms with van der Waals surface area (Å²) < 4.78 is 0. The van der Waals surface area contributed by atoms with Gasteiger partial charge in [-0.1, -0.05) is 20.8 Å². The van der Waals surface area contributed by atoms with Crippen LogP contribution in [0.4, 0.5) is 0 Å². The van der Waals surface area contributed by atoms with Crippen molar-refractivity contribution in [1.82, 2.24) is 0 Å². The van der Waals surface area contributed by atoms with Crippen molar-refractivity contribution in [2.75, 3.05) is 5.75 Å². The van der Waals surface area contributed by atoms with Crippen LogP contribution in [0.25, 0.3) is 0 Å². The Balaban J connectivity index is 0. The highest BCUT2D eigenvalue weighted by atomic mass is 32.1. The van der Waals surface area contributed by atoms with E-state index in [1.54, 1.807) is 0 Å². The summed E-state index contributed by atoms with van der Waals surface area (Å²) in [5, 5.41) is 0. The predicted octanol–water partition coefficient (Wildman–Crippen LogP) is 2.35. The summed E-state index contributed by atoms with van der Waals surface area (Å²) >= 11 is 3.92. The first-order valence-electron chi connectivity index (χ1n) is 2.52. The minimum absolute atomic E-state index is 1.01. The summed E-state index contributed by atoms with van der Waals surface area (Å²) in [6.07, 6.45) is 1.18. The molecule has 0 rings (SSSR count). The van der Waals surface area contributed by atoms with Crippen molar-refractivity contribution in [1.29, 1.82) is 0 Å². The van der Waals surface area contributed by atoms with Crippen LogP contribution < -0.4 is 0 Å². The smallest absolute Gasteiger partial charge is 0.0101 e. The molecule has 0 atom stereocenters. The SMILES string of the molecule is CC.CCCS. The Morgan fingerprint density at radius 2 is 1.50 bits per heavy atom. The predicted molar refractivity (Wildman–Crippen MR) is 35.5 cm³/mol. The van der Waals surface area contributed by atoms with Gasteiger partial charge in [-0.2, -0.15) is 12.6 Å². The molecule has 0 N–H and O–H groups in total. The molecule has 0 aliphatic carbocycles. The van der Waals surface area contributed by atoms with Gasteiger partial charge in [-0.25, -0.2) is 0 Å². The van der Waals surface area contributed by atoms with E-state index in [4.69, 9.17) is 0 Å². The third-order valence-electron chi connectivity index (χ3n) is 0.224. The number of hydrogen-bond acceptors (Lipinski definition) is 1. The second-order valence-corrected chi connectivity index (χ2v) is 1.17. The lowest BCUT2D eigenvalue weighted by atomic mass is 10.6. The molecule has 0 aromatic carbocycles. The van der Waals surface area contributed by atoms with E-state index in [1.165, 1.54) is 6.42 Å². The van der Waals surface area contributed by atoms with Gasteiger partial charge in [-0.15, -0.1) is 0 Å². The second kappa shape index (κ2) is 18.3. The van der Waals surface area contributed by atoms with E-state index in [2.05, 4.69) is 19.6 Å². The maximum Gasteiger partial charge on any atom is -0.0101 e. The molecule has 0 heterocycles. The van der Waals surface area contributed by atoms with Gasteiger partial charge < -0.3 is 0 Å². The quantitative estimate of drug-likeness (QED) is 0.487. The fourth-order valence-electron chi connectivity index (χ4n) is 0. The van der Waals surface area contributed by atoms with Crippen LogP contribution in [0.2, 0.25) is 0 Å². The van der Waals surface area contributed by atoms with Crippen molar-refractivity contribution in [2.45, 2.75) is 27.2 Å². The molecule has 0 aliphatic heterocycles. The molecule has 0 aromatic heterocycles. The average molecular weight is 106 g/mol. The largest absolute Gasteiger partial charge is 0.179 e. The Morgan fingerprint density at radius 3 is 1.50 bits per heavy atom. The van der Waals surface area contributed by atoms with Crippen molar-refractivity contribution in [2.24, 2.45) is 0 Å². The zero-order valence-corrected chi connectivity index (χ0v) is 5.76. The summed E-state index contributed by atoms with van der Waals surface area (Å²) in [7, 11) is 0. The van der Waals surface area contributed by atoms with E-state index in [-0.39, 0.29) is 0 Å². The van der Waals surface area contributed by atoms with E-state index in [0.29, 0.717) is 0 Å². The Morgan fingerprint density at radius 1 is 1.33 bits per heavy atom. The van der Waals surface area contributed by atoms with Crippen molar-refractivity contribution >= 4 is 12.6 Å². The second-order valence-electron chi connectivity index (χ2n) is 0.724. The summed E-state index contributed by atoms with van der Waals surface area (Å²) in [4.78, 5) is 0. The first kappa shape index (κ1) is 9.61. The Hall–Kier alpha value is 0.350. The molecule has 0 radical (unpaired) electrons. The van der Waals surface area contributed by atoms with Crippen LogP contribution in [0.15, 0.2) is 0 Å². The maximum atomic E-state index is 3.92. The number of rotatable bonds is 1. The Kier molecular flexibility index (Phi) is 29.3. The van der Waals surface area contributed by atoms with Gasteiger partial charge in [0.2, 0.25) is 0 Å². The minimum atomic E-state index is 1.01. The fraction of sp³-hybridized carbons (Fsp3) is 1.00. The van der Waals surface area contributed by atoms with Crippen LogP contribution in [-0.4, -0.2) is 5.75 Å². The van der Waals surface area contributed by atoms with Crippen molar-refractivity contribution in [3.63, 3.8) is 0 Å². The van der Waals surface area contributed by atoms with Crippen molar-refractivity contribution < 1.29 is 0 Å². The first-order chi connectivity index (χ1) is 2.91. The molecule has 6 heavy (non-hydrogen) atoms. The molecule has 0 aliphatic rings. The highest BCUT2D eigenvalue weighted by Gasteiger charge is 1.57. The molecule has 0 amide bonds. The van der Waals surface area contributed by atoms with E-state index in [1.807, 2.05) is 13.8 Å². The summed E-state index contributed by atoms with van der Waals surface area (Å²) in [6, 6.07) is 0. The average Bonchev–Trinajstić information content (AvgIpc) is 1.72. The normalized spacial score (nSPS) is 6.00. The third kappa shape index (κ3) is 26.8. The van der Waals surface area contributed by atoms with Gasteiger partial charge in [0.1, 0.15) is 0 Å². The molecule has 0 unspecified atom stereocenters. The maximum absolute atomic E-state index is 3.92. The summed E-state index contributed by atoms with van der Waals surface area (Å²) in [5.74, 6) is 1.01. The lowest BCUT2D eigenvalue weighted by Crippen LogP contribution is -1.56. The van der Waals surface area contributed by atoms with E-state index in [0.717, 1.165) is 5.75 Å². The molecule has 1 heteroatoms. The Labute approximate surface area is 46.4 Å². The molecule has 40 valence electrons. The highest BCUT2D eigenvalue weighted by Crippen LogP contribution is 1.74. The van der Waals surface area contributed by atoms with E-state index >= 15 is 0 Å². The van der Waals surface area contributed by atoms with Crippen LogP contribution in [0.5, 0.6) is 0 Å². The molecular formula is C5H14S. The van der Waals surface area contributed by atoms with Crippen molar-refractivity contribution in [3.05, 3.63) is 0 Å². The fourth-order valence-corrected chi connectivity index (χ4v) is 0. The zero-order valence-electron chi connectivity index (χ0n) is 4.86. The number of hydrogen-bond donors (Lipinski definition) is 1. The van der Waals surface area contributed by atoms with E-state index in [9.17, 15) is 0 Å². The standard InChI is InChI=1S/C3H8S.C2H6/c1-2-3-4;1-2/h4H,2-3H2,1H3;1-2H3. The van der Waals surface area contributed by atoms with Gasteiger partial charge in [-0.3, -0.25) is 0 Å². The van der Waals surface area contributed by atoms with Gasteiger partial charge in [0, 0.05) is 0 Å². The van der Waals surface area contributed by atoms with Crippen LogP contribution >= 0.6 is 12.6 Å². The molecule has 0 nitrogen and oxygen atoms in total. The highest BCUT2D eigenvalue weighted by molar-refractivity contribution is 7.80. The van der Waals surface area contributed by atoms with Gasteiger partial charge in [-0.05, 0) is 12.2 Å². The van der Waals surface area contributed by atoms with Crippen molar-refractivity contribution in [3.8, 4) is 0 Å². The van der Waals surface area contributed by atoms with Crippen LogP contribution in [0.1, 0.15) is 27.2 Å². The van der Waals surface area contributed by atoms with Gasteiger partial charge in [0.25, 0.3) is 0 Å². The molecule has 0 saturated heterocycles. The lowest BCUT2D eigenvalue weighted by Gasteiger charge is -1.67. The van der Waals surface area contributed by atoms with E-state index < -0.39 is 0 Å². The summed E-state index contributed by atoms with van der Waals surface area (Å²) in [5.41, 5.74) is 0. The van der Waals surface area contributed by atoms with Crippen LogP contribution in [0, 0.1) is 0 Å². The first-order valence-corrected chi connectivity index (χ1v) is 3.16. The zero-order chi connectivity index (χ0) is 5.41. The molecular weight excluding hydrogens is 92.1 g/mol. The Bertz CT molecular complexity index is 5.90. The van der Waals surface area contributed by atoms with Crippen LogP contribution in [0.3, 0.4) is 0 Å². The summed E-state index contributed by atoms with van der Waals surface area (Å²) in [6.45, 7) is 6.10. The molecule has 0 spiro atoms. The molecule has 0 bridgehead atoms. The molecule has 0 aromatic rings. The van der Waals surface area contributed by atoms with Gasteiger partial charge in [0.05, 0.1) is 0 Å². The minimum Gasteiger partial charge on any atom is -0.179 e. The van der Waals surface area contributed by atoms with Gasteiger partial charge in [0.15, 0.2) is 0 Å².